The van der Waals surface area contributed by atoms with E-state index < -0.39 is 0 Å². The number of amides is 1. The minimum Gasteiger partial charge on any atom is -0.384 e. The first-order valence-corrected chi connectivity index (χ1v) is 6.17. The first-order chi connectivity index (χ1) is 8.08. The van der Waals surface area contributed by atoms with Crippen molar-refractivity contribution in [3.8, 4) is 0 Å². The van der Waals surface area contributed by atoms with Gasteiger partial charge in [-0.3, -0.25) is 4.79 Å². The minimum absolute atomic E-state index is 0.117. The van der Waals surface area contributed by atoms with Crippen molar-refractivity contribution >= 4 is 23.3 Å². The summed E-state index contributed by atoms with van der Waals surface area (Å²) in [7, 11) is 0. The van der Waals surface area contributed by atoms with E-state index in [4.69, 9.17) is 17.3 Å². The molecule has 0 saturated carbocycles. The lowest BCUT2D eigenvalue weighted by atomic mass is 10.00. The van der Waals surface area contributed by atoms with Gasteiger partial charge in [-0.1, -0.05) is 18.5 Å². The molecule has 1 amide bonds. The van der Waals surface area contributed by atoms with Gasteiger partial charge in [0.2, 0.25) is 0 Å². The number of nitrogens with zero attached hydrogens (tertiary/aromatic N) is 2. The molecule has 4 nitrogen and oxygen atoms in total. The first-order valence-electron chi connectivity index (χ1n) is 5.79. The predicted molar refractivity (Wildman–Crippen MR) is 68.0 cm³/mol. The smallest absolute Gasteiger partial charge is 0.274 e. The Morgan fingerprint density at radius 1 is 1.59 bits per heavy atom. The summed E-state index contributed by atoms with van der Waals surface area (Å²) in [6.07, 6.45) is 2.20. The summed E-state index contributed by atoms with van der Waals surface area (Å²) < 4.78 is 0. The molecule has 2 N–H and O–H groups in total. The maximum atomic E-state index is 12.2. The number of piperidine rings is 1. The lowest BCUT2D eigenvalue weighted by Crippen LogP contribution is -2.39. The number of pyridine rings is 1. The van der Waals surface area contributed by atoms with E-state index in [-0.39, 0.29) is 11.6 Å². The lowest BCUT2D eigenvalue weighted by molar-refractivity contribution is 0.0677. The van der Waals surface area contributed by atoms with Crippen molar-refractivity contribution < 1.29 is 4.79 Å². The zero-order chi connectivity index (χ0) is 12.4. The molecule has 1 atom stereocenters. The fourth-order valence-corrected chi connectivity index (χ4v) is 2.32. The summed E-state index contributed by atoms with van der Waals surface area (Å²) in [5, 5.41) is 0.363. The summed E-state index contributed by atoms with van der Waals surface area (Å²) in [6.45, 7) is 3.69. The zero-order valence-electron chi connectivity index (χ0n) is 9.82. The van der Waals surface area contributed by atoms with Crippen LogP contribution in [0.5, 0.6) is 0 Å². The second kappa shape index (κ2) is 4.92. The van der Waals surface area contributed by atoms with E-state index in [0.717, 1.165) is 19.5 Å². The molecule has 1 aliphatic rings. The highest BCUT2D eigenvalue weighted by Gasteiger charge is 2.24. The number of carbonyl (C=O) groups excluding carboxylic acids is 1. The second-order valence-corrected chi connectivity index (χ2v) is 4.97. The van der Waals surface area contributed by atoms with Gasteiger partial charge in [0.1, 0.15) is 11.5 Å². The van der Waals surface area contributed by atoms with Crippen molar-refractivity contribution in [1.29, 1.82) is 0 Å². The highest BCUT2D eigenvalue weighted by atomic mass is 35.5. The molecule has 2 rings (SSSR count). The Morgan fingerprint density at radius 2 is 2.35 bits per heavy atom. The van der Waals surface area contributed by atoms with Crippen LogP contribution in [0.1, 0.15) is 30.3 Å². The Morgan fingerprint density at radius 3 is 3.06 bits per heavy atom. The molecular formula is C12H16ClN3O. The van der Waals surface area contributed by atoms with Crippen molar-refractivity contribution in [3.63, 3.8) is 0 Å². The molecule has 0 bridgehead atoms. The maximum absolute atomic E-state index is 12.2. The predicted octanol–water partition coefficient (Wildman–Crippen LogP) is 2.19. The Balaban J connectivity index is 2.21. The third-order valence-electron chi connectivity index (χ3n) is 3.01. The van der Waals surface area contributed by atoms with Gasteiger partial charge in [0.05, 0.1) is 5.02 Å². The van der Waals surface area contributed by atoms with Crippen LogP contribution in [-0.2, 0) is 0 Å². The molecule has 0 spiro atoms. The van der Waals surface area contributed by atoms with Crippen LogP contribution in [0.4, 0.5) is 5.82 Å². The van der Waals surface area contributed by atoms with Gasteiger partial charge in [0.15, 0.2) is 0 Å². The average molecular weight is 254 g/mol. The number of hydrogen-bond acceptors (Lipinski definition) is 3. The van der Waals surface area contributed by atoms with Crippen LogP contribution in [0.25, 0.3) is 0 Å². The second-order valence-electron chi connectivity index (χ2n) is 4.57. The highest BCUT2D eigenvalue weighted by Crippen LogP contribution is 2.21. The van der Waals surface area contributed by atoms with Crippen molar-refractivity contribution in [3.05, 3.63) is 22.8 Å². The molecule has 0 radical (unpaired) electrons. The van der Waals surface area contributed by atoms with Crippen molar-refractivity contribution in [1.82, 2.24) is 9.88 Å². The van der Waals surface area contributed by atoms with E-state index in [2.05, 4.69) is 11.9 Å². The molecule has 17 heavy (non-hydrogen) atoms. The van der Waals surface area contributed by atoms with E-state index in [1.54, 1.807) is 12.1 Å². The standard InChI is InChI=1S/C12H16ClN3O/c1-8-3-2-6-16(7-8)12(17)11-9(13)4-5-10(14)15-11/h4-5,8H,2-3,6-7H2,1H3,(H2,14,15). The number of nitrogen functional groups attached to an aromatic ring is 1. The lowest BCUT2D eigenvalue weighted by Gasteiger charge is -2.30. The monoisotopic (exact) mass is 253 g/mol. The Bertz CT molecular complexity index is 436. The van der Waals surface area contributed by atoms with Gasteiger partial charge < -0.3 is 10.6 Å². The molecule has 92 valence electrons. The summed E-state index contributed by atoms with van der Waals surface area (Å²) in [5.41, 5.74) is 5.85. The van der Waals surface area contributed by atoms with Gasteiger partial charge in [-0.15, -0.1) is 0 Å². The van der Waals surface area contributed by atoms with Crippen LogP contribution in [0.15, 0.2) is 12.1 Å². The minimum atomic E-state index is -0.117. The summed E-state index contributed by atoms with van der Waals surface area (Å²) in [6, 6.07) is 3.21. The number of halogens is 1. The SMILES string of the molecule is CC1CCCN(C(=O)c2nc(N)ccc2Cl)C1. The molecule has 0 aromatic carbocycles. The largest absolute Gasteiger partial charge is 0.384 e. The third-order valence-corrected chi connectivity index (χ3v) is 3.32. The van der Waals surface area contributed by atoms with Gasteiger partial charge in [0, 0.05) is 13.1 Å². The van der Waals surface area contributed by atoms with Crippen LogP contribution in [-0.4, -0.2) is 28.9 Å². The number of rotatable bonds is 1. The number of likely N-dealkylation sites (tertiary alicyclic amines) is 1. The maximum Gasteiger partial charge on any atom is 0.274 e. The fraction of sp³-hybridized carbons (Fsp3) is 0.500. The molecule has 1 saturated heterocycles. The van der Waals surface area contributed by atoms with E-state index in [1.165, 1.54) is 6.42 Å². The van der Waals surface area contributed by atoms with Crippen LogP contribution < -0.4 is 5.73 Å². The molecule has 1 unspecified atom stereocenters. The van der Waals surface area contributed by atoms with Crippen LogP contribution in [0.3, 0.4) is 0 Å². The number of nitrogens with two attached hydrogens (primary N) is 1. The van der Waals surface area contributed by atoms with E-state index in [1.807, 2.05) is 4.90 Å². The number of carbonyl (C=O) groups is 1. The highest BCUT2D eigenvalue weighted by molar-refractivity contribution is 6.33. The molecule has 2 heterocycles. The van der Waals surface area contributed by atoms with Crippen LogP contribution in [0.2, 0.25) is 5.02 Å². The van der Waals surface area contributed by atoms with Crippen molar-refractivity contribution in [2.75, 3.05) is 18.8 Å². The molecule has 1 fully saturated rings. The van der Waals surface area contributed by atoms with E-state index in [0.29, 0.717) is 16.8 Å². The van der Waals surface area contributed by atoms with Gasteiger partial charge in [-0.05, 0) is 30.9 Å². The first kappa shape index (κ1) is 12.2. The molecular weight excluding hydrogens is 238 g/mol. The number of hydrogen-bond donors (Lipinski definition) is 1. The van der Waals surface area contributed by atoms with Gasteiger partial charge in [-0.25, -0.2) is 4.98 Å². The Kier molecular flexibility index (Phi) is 3.52. The summed E-state index contributed by atoms with van der Waals surface area (Å²) in [4.78, 5) is 18.1. The quantitative estimate of drug-likeness (QED) is 0.835. The molecule has 0 aliphatic carbocycles. The fourth-order valence-electron chi connectivity index (χ4n) is 2.13. The van der Waals surface area contributed by atoms with Crippen molar-refractivity contribution in [2.45, 2.75) is 19.8 Å². The van der Waals surface area contributed by atoms with Crippen LogP contribution >= 0.6 is 11.6 Å². The molecule has 1 aromatic rings. The number of anilines is 1. The molecule has 1 aromatic heterocycles. The van der Waals surface area contributed by atoms with E-state index >= 15 is 0 Å². The van der Waals surface area contributed by atoms with Crippen LogP contribution in [0, 0.1) is 5.92 Å². The summed E-state index contributed by atoms with van der Waals surface area (Å²) in [5.74, 6) is 0.740. The van der Waals surface area contributed by atoms with Gasteiger partial charge >= 0.3 is 0 Å². The van der Waals surface area contributed by atoms with Gasteiger partial charge in [-0.2, -0.15) is 0 Å². The normalized spacial score (nSPS) is 20.4. The molecule has 1 aliphatic heterocycles. The van der Waals surface area contributed by atoms with Gasteiger partial charge in [0.25, 0.3) is 5.91 Å². The number of aromatic nitrogens is 1. The Labute approximate surface area is 106 Å². The zero-order valence-corrected chi connectivity index (χ0v) is 10.6. The summed E-state index contributed by atoms with van der Waals surface area (Å²) >= 11 is 5.98. The average Bonchev–Trinajstić information content (AvgIpc) is 2.31. The molecule has 5 heteroatoms. The van der Waals surface area contributed by atoms with Crippen molar-refractivity contribution in [2.24, 2.45) is 5.92 Å². The Hall–Kier alpha value is -1.29. The third kappa shape index (κ3) is 2.69. The van der Waals surface area contributed by atoms with E-state index in [9.17, 15) is 4.79 Å². The topological polar surface area (TPSA) is 59.2 Å².